The van der Waals surface area contributed by atoms with Crippen LogP contribution in [0.25, 0.3) is 0 Å². The highest BCUT2D eigenvalue weighted by atomic mass is 32.1. The number of ether oxygens (including phenoxy) is 2. The lowest BCUT2D eigenvalue weighted by Gasteiger charge is -2.48. The third-order valence-corrected chi connectivity index (χ3v) is 5.29. The highest BCUT2D eigenvalue weighted by molar-refractivity contribution is 7.09. The maximum absolute atomic E-state index is 12.1. The zero-order valence-electron chi connectivity index (χ0n) is 14.0. The molecule has 2 aliphatic rings. The van der Waals surface area contributed by atoms with E-state index in [0.717, 1.165) is 18.0 Å². The third kappa shape index (κ3) is 3.67. The SMILES string of the molecule is CC(NC1C(NC(=O)OC(C)(C)C)C2CCOC21)c1nccs1. The molecule has 1 saturated carbocycles. The van der Waals surface area contributed by atoms with Gasteiger partial charge in [0.2, 0.25) is 0 Å². The molecule has 0 aromatic carbocycles. The molecule has 0 spiro atoms. The summed E-state index contributed by atoms with van der Waals surface area (Å²) in [6.45, 7) is 8.45. The topological polar surface area (TPSA) is 72.5 Å². The Bertz CT molecular complexity index is 543. The molecule has 5 atom stereocenters. The monoisotopic (exact) mass is 339 g/mol. The van der Waals surface area contributed by atoms with E-state index in [1.807, 2.05) is 32.3 Å². The lowest BCUT2D eigenvalue weighted by Crippen LogP contribution is -2.70. The van der Waals surface area contributed by atoms with Gasteiger partial charge in [-0.2, -0.15) is 0 Å². The molecule has 1 aromatic heterocycles. The maximum Gasteiger partial charge on any atom is 0.407 e. The molecule has 1 aliphatic heterocycles. The van der Waals surface area contributed by atoms with Gasteiger partial charge in [-0.05, 0) is 34.1 Å². The van der Waals surface area contributed by atoms with Gasteiger partial charge in [0.05, 0.1) is 24.2 Å². The van der Waals surface area contributed by atoms with Crippen molar-refractivity contribution >= 4 is 17.4 Å². The Hall–Kier alpha value is -1.18. The highest BCUT2D eigenvalue weighted by Gasteiger charge is 2.55. The molecule has 1 aromatic rings. The number of nitrogens with one attached hydrogen (secondary N) is 2. The first kappa shape index (κ1) is 16.7. The van der Waals surface area contributed by atoms with Crippen LogP contribution in [0.5, 0.6) is 0 Å². The number of carbonyl (C=O) groups is 1. The molecule has 1 saturated heterocycles. The number of aromatic nitrogens is 1. The van der Waals surface area contributed by atoms with Crippen molar-refractivity contribution in [1.29, 1.82) is 0 Å². The standard InChI is InChI=1S/C16H25N3O3S/c1-9(14-17-6-8-23-14)18-12-11(10-5-7-21-13(10)12)19-15(20)22-16(2,3)4/h6,8-13,18H,5,7H2,1-4H3,(H,19,20). The lowest BCUT2D eigenvalue weighted by atomic mass is 9.71. The molecule has 2 N–H and O–H groups in total. The summed E-state index contributed by atoms with van der Waals surface area (Å²) >= 11 is 1.63. The summed E-state index contributed by atoms with van der Waals surface area (Å²) in [5.41, 5.74) is -0.490. The number of rotatable bonds is 4. The van der Waals surface area contributed by atoms with E-state index >= 15 is 0 Å². The smallest absolute Gasteiger partial charge is 0.407 e. The van der Waals surface area contributed by atoms with E-state index in [9.17, 15) is 4.79 Å². The van der Waals surface area contributed by atoms with Gasteiger partial charge in [-0.25, -0.2) is 9.78 Å². The first-order chi connectivity index (χ1) is 10.8. The molecule has 0 radical (unpaired) electrons. The maximum atomic E-state index is 12.1. The minimum atomic E-state index is -0.490. The largest absolute Gasteiger partial charge is 0.444 e. The summed E-state index contributed by atoms with van der Waals surface area (Å²) in [4.78, 5) is 16.4. The van der Waals surface area contributed by atoms with Crippen molar-refractivity contribution in [3.63, 3.8) is 0 Å². The van der Waals surface area contributed by atoms with Gasteiger partial charge in [0.15, 0.2) is 0 Å². The Morgan fingerprint density at radius 1 is 1.48 bits per heavy atom. The Kier molecular flexibility index (Phi) is 4.62. The fourth-order valence-corrected chi connectivity index (χ4v) is 4.01. The van der Waals surface area contributed by atoms with Crippen molar-refractivity contribution in [1.82, 2.24) is 15.6 Å². The second-order valence-corrected chi connectivity index (χ2v) is 8.17. The van der Waals surface area contributed by atoms with Crippen molar-refractivity contribution in [3.05, 3.63) is 16.6 Å². The predicted molar refractivity (Wildman–Crippen MR) is 88.5 cm³/mol. The van der Waals surface area contributed by atoms with E-state index in [4.69, 9.17) is 9.47 Å². The van der Waals surface area contributed by atoms with Crippen molar-refractivity contribution in [2.45, 2.75) is 63.9 Å². The zero-order chi connectivity index (χ0) is 16.6. The van der Waals surface area contributed by atoms with Crippen LogP contribution in [0.3, 0.4) is 0 Å². The first-order valence-corrected chi connectivity index (χ1v) is 9.00. The van der Waals surface area contributed by atoms with Gasteiger partial charge in [0.25, 0.3) is 0 Å². The summed E-state index contributed by atoms with van der Waals surface area (Å²) in [6, 6.07) is 0.266. The normalized spacial score (nSPS) is 31.1. The number of hydrogen-bond acceptors (Lipinski definition) is 6. The minimum absolute atomic E-state index is 0.0414. The van der Waals surface area contributed by atoms with Crippen molar-refractivity contribution < 1.29 is 14.3 Å². The first-order valence-electron chi connectivity index (χ1n) is 8.12. The molecule has 6 nitrogen and oxygen atoms in total. The van der Waals surface area contributed by atoms with Crippen LogP contribution in [0.1, 0.15) is 45.2 Å². The summed E-state index contributed by atoms with van der Waals surface area (Å²) in [5.74, 6) is 0.364. The van der Waals surface area contributed by atoms with Gasteiger partial charge < -0.3 is 20.1 Å². The average Bonchev–Trinajstić information content (AvgIpc) is 3.10. The van der Waals surface area contributed by atoms with Crippen LogP contribution >= 0.6 is 11.3 Å². The average molecular weight is 339 g/mol. The molecule has 0 bridgehead atoms. The number of hydrogen-bond donors (Lipinski definition) is 2. The van der Waals surface area contributed by atoms with Crippen LogP contribution in [0, 0.1) is 5.92 Å². The second-order valence-electron chi connectivity index (χ2n) is 7.24. The van der Waals surface area contributed by atoms with Gasteiger partial charge in [0.1, 0.15) is 10.6 Å². The molecule has 2 fully saturated rings. The number of thiazole rings is 1. The van der Waals surface area contributed by atoms with Gasteiger partial charge >= 0.3 is 6.09 Å². The Morgan fingerprint density at radius 2 is 2.26 bits per heavy atom. The highest BCUT2D eigenvalue weighted by Crippen LogP contribution is 2.40. The van der Waals surface area contributed by atoms with Crippen molar-refractivity contribution in [2.75, 3.05) is 6.61 Å². The van der Waals surface area contributed by atoms with Crippen LogP contribution in [-0.4, -0.2) is 41.5 Å². The van der Waals surface area contributed by atoms with Crippen LogP contribution in [0.15, 0.2) is 11.6 Å². The number of amides is 1. The molecule has 5 unspecified atom stereocenters. The summed E-state index contributed by atoms with van der Waals surface area (Å²) in [5, 5.41) is 9.60. The number of alkyl carbamates (subject to hydrolysis) is 1. The van der Waals surface area contributed by atoms with E-state index in [-0.39, 0.29) is 30.3 Å². The second kappa shape index (κ2) is 6.37. The molecular weight excluding hydrogens is 314 g/mol. The minimum Gasteiger partial charge on any atom is -0.444 e. The van der Waals surface area contributed by atoms with Gasteiger partial charge in [0, 0.05) is 24.1 Å². The number of fused-ring (bicyclic) bond motifs is 1. The van der Waals surface area contributed by atoms with E-state index in [1.54, 1.807) is 11.3 Å². The van der Waals surface area contributed by atoms with E-state index < -0.39 is 5.60 Å². The zero-order valence-corrected chi connectivity index (χ0v) is 14.9. The molecule has 23 heavy (non-hydrogen) atoms. The number of carbonyl (C=O) groups excluding carboxylic acids is 1. The van der Waals surface area contributed by atoms with Crippen LogP contribution in [-0.2, 0) is 9.47 Å². The summed E-state index contributed by atoms with van der Waals surface area (Å²) in [6.07, 6.45) is 2.60. The Morgan fingerprint density at radius 3 is 2.91 bits per heavy atom. The van der Waals surface area contributed by atoms with Crippen LogP contribution in [0.4, 0.5) is 4.79 Å². The van der Waals surface area contributed by atoms with E-state index in [2.05, 4.69) is 22.5 Å². The number of nitrogens with zero attached hydrogens (tertiary/aromatic N) is 1. The molecule has 2 heterocycles. The van der Waals surface area contributed by atoms with E-state index in [0.29, 0.717) is 5.92 Å². The van der Waals surface area contributed by atoms with Crippen LogP contribution in [0.2, 0.25) is 0 Å². The quantitative estimate of drug-likeness (QED) is 0.882. The Labute approximate surface area is 141 Å². The third-order valence-electron chi connectivity index (χ3n) is 4.33. The summed E-state index contributed by atoms with van der Waals surface area (Å²) in [7, 11) is 0. The van der Waals surface area contributed by atoms with Crippen LogP contribution < -0.4 is 10.6 Å². The summed E-state index contributed by atoms with van der Waals surface area (Å²) < 4.78 is 11.2. The lowest BCUT2D eigenvalue weighted by molar-refractivity contribution is -0.0371. The predicted octanol–water partition coefficient (Wildman–Crippen LogP) is 2.47. The molecule has 3 rings (SSSR count). The molecule has 1 aliphatic carbocycles. The molecule has 1 amide bonds. The van der Waals surface area contributed by atoms with Gasteiger partial charge in [-0.15, -0.1) is 11.3 Å². The Balaban J connectivity index is 1.62. The molecule has 7 heteroatoms. The van der Waals surface area contributed by atoms with Gasteiger partial charge in [-0.1, -0.05) is 0 Å². The fraction of sp³-hybridized carbons (Fsp3) is 0.750. The molecular formula is C16H25N3O3S. The fourth-order valence-electron chi connectivity index (χ4n) is 3.35. The van der Waals surface area contributed by atoms with E-state index in [1.165, 1.54) is 0 Å². The molecule has 128 valence electrons. The van der Waals surface area contributed by atoms with Gasteiger partial charge in [-0.3, -0.25) is 0 Å². The van der Waals surface area contributed by atoms with Crippen molar-refractivity contribution in [2.24, 2.45) is 5.92 Å². The van der Waals surface area contributed by atoms with Crippen molar-refractivity contribution in [3.8, 4) is 0 Å².